The molecule has 0 aliphatic heterocycles. The van der Waals surface area contributed by atoms with E-state index >= 15 is 0 Å². The molecule has 8 nitrogen and oxygen atoms in total. The normalized spacial score (nSPS) is 10.5. The monoisotopic (exact) mass is 378 g/mol. The van der Waals surface area contributed by atoms with Gasteiger partial charge in [-0.1, -0.05) is 22.0 Å². The molecule has 0 bridgehead atoms. The van der Waals surface area contributed by atoms with E-state index in [-0.39, 0.29) is 0 Å². The Morgan fingerprint density at radius 3 is 2.78 bits per heavy atom. The summed E-state index contributed by atoms with van der Waals surface area (Å²) in [6.45, 7) is 0. The number of aromatic hydroxyl groups is 1. The molecule has 0 aromatic heterocycles. The number of benzene rings is 2. The minimum atomic E-state index is -0.708. The summed E-state index contributed by atoms with van der Waals surface area (Å²) >= 11 is 3.28. The number of halogens is 1. The zero-order chi connectivity index (χ0) is 16.8. The summed E-state index contributed by atoms with van der Waals surface area (Å²) in [5, 5.41) is 26.3. The molecule has 0 aliphatic rings. The van der Waals surface area contributed by atoms with Crippen molar-refractivity contribution < 1.29 is 14.8 Å². The lowest BCUT2D eigenvalue weighted by atomic mass is 10.2. The van der Waals surface area contributed by atoms with Crippen LogP contribution in [0, 0.1) is 10.1 Å². The van der Waals surface area contributed by atoms with Crippen LogP contribution in [-0.2, 0) is 0 Å². The summed E-state index contributed by atoms with van der Waals surface area (Å²) in [4.78, 5) is 21.6. The van der Waals surface area contributed by atoms with Gasteiger partial charge in [0.05, 0.1) is 11.1 Å². The Hall–Kier alpha value is -2.94. The van der Waals surface area contributed by atoms with Gasteiger partial charge in [-0.25, -0.2) is 10.2 Å². The highest BCUT2D eigenvalue weighted by molar-refractivity contribution is 9.10. The van der Waals surface area contributed by atoms with Crippen LogP contribution in [0.15, 0.2) is 52.0 Å². The van der Waals surface area contributed by atoms with Gasteiger partial charge in [0.25, 0.3) is 0 Å². The highest BCUT2D eigenvalue weighted by Gasteiger charge is 2.12. The quantitative estimate of drug-likeness (QED) is 0.430. The Bertz CT molecular complexity index is 779. The SMILES string of the molecule is O=C(N/N=C/c1ccc(O)c([N+](=O)[O-])c1)Nc1cccc(Br)c1. The lowest BCUT2D eigenvalue weighted by Crippen LogP contribution is -2.24. The van der Waals surface area contributed by atoms with Crippen LogP contribution in [0.25, 0.3) is 0 Å². The maximum atomic E-state index is 11.6. The van der Waals surface area contributed by atoms with E-state index in [1.165, 1.54) is 18.3 Å². The molecule has 0 saturated heterocycles. The fourth-order valence-electron chi connectivity index (χ4n) is 1.66. The number of hydrogen-bond acceptors (Lipinski definition) is 5. The number of anilines is 1. The van der Waals surface area contributed by atoms with E-state index in [9.17, 15) is 20.0 Å². The molecule has 0 saturated carbocycles. The molecule has 9 heteroatoms. The van der Waals surface area contributed by atoms with Crippen molar-refractivity contribution in [2.24, 2.45) is 5.10 Å². The standard InChI is InChI=1S/C14H11BrN4O4/c15-10-2-1-3-11(7-10)17-14(21)18-16-8-9-4-5-13(20)12(6-9)19(22)23/h1-8,20H,(H2,17,18,21)/b16-8+. The van der Waals surface area contributed by atoms with Gasteiger partial charge in [0, 0.05) is 21.8 Å². The van der Waals surface area contributed by atoms with Crippen molar-refractivity contribution in [2.75, 3.05) is 5.32 Å². The van der Waals surface area contributed by atoms with Crippen LogP contribution in [-0.4, -0.2) is 22.3 Å². The van der Waals surface area contributed by atoms with Gasteiger partial charge < -0.3 is 10.4 Å². The molecular weight excluding hydrogens is 368 g/mol. The first-order chi connectivity index (χ1) is 11.0. The molecule has 2 amide bonds. The Labute approximate surface area is 139 Å². The van der Waals surface area contributed by atoms with Crippen LogP contribution in [0.5, 0.6) is 5.75 Å². The van der Waals surface area contributed by atoms with Crippen molar-refractivity contribution >= 4 is 39.6 Å². The van der Waals surface area contributed by atoms with Crippen LogP contribution in [0.4, 0.5) is 16.2 Å². The smallest absolute Gasteiger partial charge is 0.339 e. The van der Waals surface area contributed by atoms with Gasteiger partial charge >= 0.3 is 11.7 Å². The first kappa shape index (κ1) is 16.4. The predicted molar refractivity (Wildman–Crippen MR) is 88.7 cm³/mol. The fraction of sp³-hybridized carbons (Fsp3) is 0. The van der Waals surface area contributed by atoms with E-state index in [1.54, 1.807) is 18.2 Å². The molecule has 118 valence electrons. The van der Waals surface area contributed by atoms with E-state index in [2.05, 4.69) is 31.8 Å². The number of rotatable bonds is 4. The van der Waals surface area contributed by atoms with Crippen LogP contribution in [0.1, 0.15) is 5.56 Å². The second kappa shape index (κ2) is 7.36. The average Bonchev–Trinajstić information content (AvgIpc) is 2.48. The number of carbonyl (C=O) groups excluding carboxylic acids is 1. The van der Waals surface area contributed by atoms with Crippen molar-refractivity contribution in [1.29, 1.82) is 0 Å². The third-order valence-electron chi connectivity index (χ3n) is 2.66. The summed E-state index contributed by atoms with van der Waals surface area (Å²) in [7, 11) is 0. The van der Waals surface area contributed by atoms with Crippen molar-refractivity contribution in [2.45, 2.75) is 0 Å². The number of hydrogen-bond donors (Lipinski definition) is 3. The molecule has 0 aliphatic carbocycles. The van der Waals surface area contributed by atoms with Gasteiger partial charge in [0.15, 0.2) is 5.75 Å². The van der Waals surface area contributed by atoms with E-state index in [0.717, 1.165) is 10.5 Å². The van der Waals surface area contributed by atoms with Crippen LogP contribution in [0.2, 0.25) is 0 Å². The van der Waals surface area contributed by atoms with Gasteiger partial charge in [-0.3, -0.25) is 10.1 Å². The Morgan fingerprint density at radius 1 is 1.30 bits per heavy atom. The van der Waals surface area contributed by atoms with E-state index in [0.29, 0.717) is 11.3 Å². The van der Waals surface area contributed by atoms with E-state index in [4.69, 9.17) is 0 Å². The predicted octanol–water partition coefficient (Wildman–Crippen LogP) is 3.22. The first-order valence-electron chi connectivity index (χ1n) is 6.29. The highest BCUT2D eigenvalue weighted by Crippen LogP contribution is 2.25. The van der Waals surface area contributed by atoms with Crippen molar-refractivity contribution in [3.05, 3.63) is 62.6 Å². The largest absolute Gasteiger partial charge is 0.502 e. The van der Waals surface area contributed by atoms with Crippen molar-refractivity contribution in [3.8, 4) is 5.75 Å². The number of urea groups is 1. The van der Waals surface area contributed by atoms with Crippen LogP contribution in [0.3, 0.4) is 0 Å². The van der Waals surface area contributed by atoms with Gasteiger partial charge in [-0.2, -0.15) is 5.10 Å². The maximum Gasteiger partial charge on any atom is 0.339 e. The average molecular weight is 379 g/mol. The number of amides is 2. The number of nitro groups is 1. The molecule has 2 aromatic rings. The van der Waals surface area contributed by atoms with Crippen molar-refractivity contribution in [1.82, 2.24) is 5.43 Å². The lowest BCUT2D eigenvalue weighted by molar-refractivity contribution is -0.385. The third-order valence-corrected chi connectivity index (χ3v) is 3.15. The highest BCUT2D eigenvalue weighted by atomic mass is 79.9. The molecule has 0 spiro atoms. The summed E-state index contributed by atoms with van der Waals surface area (Å²) < 4.78 is 0.815. The minimum absolute atomic E-state index is 0.359. The summed E-state index contributed by atoms with van der Waals surface area (Å²) in [6, 6.07) is 10.2. The van der Waals surface area contributed by atoms with Gasteiger partial charge in [0.1, 0.15) is 0 Å². The molecule has 0 heterocycles. The number of carbonyl (C=O) groups is 1. The molecule has 23 heavy (non-hydrogen) atoms. The van der Waals surface area contributed by atoms with Crippen molar-refractivity contribution in [3.63, 3.8) is 0 Å². The Kier molecular flexibility index (Phi) is 5.26. The summed E-state index contributed by atoms with van der Waals surface area (Å²) in [6.07, 6.45) is 1.23. The zero-order valence-corrected chi connectivity index (χ0v) is 13.1. The molecule has 0 atom stereocenters. The fourth-order valence-corrected chi connectivity index (χ4v) is 2.06. The number of nitrogens with one attached hydrogen (secondary N) is 2. The second-order valence-electron chi connectivity index (χ2n) is 4.34. The molecule has 2 rings (SSSR count). The summed E-state index contributed by atoms with van der Waals surface area (Å²) in [5.74, 6) is -0.437. The second-order valence-corrected chi connectivity index (χ2v) is 5.26. The lowest BCUT2D eigenvalue weighted by Gasteiger charge is -2.04. The zero-order valence-electron chi connectivity index (χ0n) is 11.6. The van der Waals surface area contributed by atoms with E-state index < -0.39 is 22.4 Å². The number of phenols is 1. The Morgan fingerprint density at radius 2 is 2.09 bits per heavy atom. The van der Waals surface area contributed by atoms with Gasteiger partial charge in [-0.15, -0.1) is 0 Å². The van der Waals surface area contributed by atoms with Crippen LogP contribution >= 0.6 is 15.9 Å². The van der Waals surface area contributed by atoms with E-state index in [1.807, 2.05) is 6.07 Å². The summed E-state index contributed by atoms with van der Waals surface area (Å²) in [5.41, 5.74) is 2.73. The number of phenolic OH excluding ortho intramolecular Hbond substituents is 1. The topological polar surface area (TPSA) is 117 Å². The van der Waals surface area contributed by atoms with Gasteiger partial charge in [0.2, 0.25) is 0 Å². The number of hydrazone groups is 1. The van der Waals surface area contributed by atoms with Crippen LogP contribution < -0.4 is 10.7 Å². The molecule has 0 unspecified atom stereocenters. The molecule has 2 aromatic carbocycles. The number of nitro benzene ring substituents is 1. The maximum absolute atomic E-state index is 11.6. The molecule has 0 fully saturated rings. The molecular formula is C14H11BrN4O4. The minimum Gasteiger partial charge on any atom is -0.502 e. The first-order valence-corrected chi connectivity index (χ1v) is 7.08. The number of nitrogens with zero attached hydrogens (tertiary/aromatic N) is 2. The molecule has 3 N–H and O–H groups in total. The third kappa shape index (κ3) is 4.78. The van der Waals surface area contributed by atoms with Gasteiger partial charge in [-0.05, 0) is 30.3 Å². The Balaban J connectivity index is 1.97. The molecule has 0 radical (unpaired) electrons.